The van der Waals surface area contributed by atoms with Gasteiger partial charge in [-0.2, -0.15) is 0 Å². The Balaban J connectivity index is 2.30. The van der Waals surface area contributed by atoms with Crippen molar-refractivity contribution in [2.45, 2.75) is 6.61 Å². The summed E-state index contributed by atoms with van der Waals surface area (Å²) in [6, 6.07) is 7.87. The topological polar surface area (TPSA) is 30.5 Å². The fraction of sp³-hybridized carbons (Fsp3) is 0.385. The highest BCUT2D eigenvalue weighted by atomic mass is 16.5. The Labute approximate surface area is 96.8 Å². The lowest BCUT2D eigenvalue weighted by molar-refractivity contribution is 0.184. The molecule has 0 saturated heterocycles. The molecule has 0 unspecified atom stereocenters. The van der Waals surface area contributed by atoms with Crippen molar-refractivity contribution in [3.63, 3.8) is 0 Å². The predicted octanol–water partition coefficient (Wildman–Crippen LogP) is 1.43. The maximum atomic E-state index is 5.55. The summed E-state index contributed by atoms with van der Waals surface area (Å²) in [6.07, 6.45) is 5.11. The van der Waals surface area contributed by atoms with Crippen LogP contribution in [0.3, 0.4) is 0 Å². The van der Waals surface area contributed by atoms with Crippen molar-refractivity contribution in [1.29, 1.82) is 0 Å². The van der Waals surface area contributed by atoms with Crippen LogP contribution in [0.25, 0.3) is 0 Å². The lowest BCUT2D eigenvalue weighted by Gasteiger charge is -2.07. The molecule has 0 aliphatic carbocycles. The van der Waals surface area contributed by atoms with Crippen LogP contribution in [0, 0.1) is 12.3 Å². The highest BCUT2D eigenvalue weighted by Crippen LogP contribution is 2.13. The molecule has 0 spiro atoms. The molecule has 0 fully saturated rings. The van der Waals surface area contributed by atoms with Gasteiger partial charge in [0.2, 0.25) is 0 Å². The maximum absolute atomic E-state index is 5.55. The molecule has 0 aliphatic rings. The van der Waals surface area contributed by atoms with Crippen LogP contribution >= 0.6 is 0 Å². The molecule has 3 heteroatoms. The number of nitrogens with one attached hydrogen (secondary N) is 1. The highest BCUT2D eigenvalue weighted by Gasteiger charge is 1.96. The average Bonchev–Trinajstić information content (AvgIpc) is 2.30. The van der Waals surface area contributed by atoms with Crippen molar-refractivity contribution in [2.75, 3.05) is 26.8 Å². The Morgan fingerprint density at radius 2 is 2.31 bits per heavy atom. The van der Waals surface area contributed by atoms with Crippen LogP contribution in [-0.2, 0) is 11.3 Å². The summed E-state index contributed by atoms with van der Waals surface area (Å²) in [7, 11) is 1.68. The number of ether oxygens (including phenoxy) is 2. The maximum Gasteiger partial charge on any atom is 0.119 e. The van der Waals surface area contributed by atoms with Crippen molar-refractivity contribution in [1.82, 2.24) is 5.32 Å². The molecular weight excluding hydrogens is 202 g/mol. The Morgan fingerprint density at radius 3 is 3.06 bits per heavy atom. The zero-order valence-electron chi connectivity index (χ0n) is 9.53. The van der Waals surface area contributed by atoms with Gasteiger partial charge in [0, 0.05) is 13.7 Å². The average molecular weight is 219 g/mol. The standard InChI is InChI=1S/C13H17NO2/c1-3-7-14-8-9-16-13-6-4-5-12(10-13)11-15-2/h1,4-6,10,14H,7-9,11H2,2H3. The molecule has 0 saturated carbocycles. The molecule has 86 valence electrons. The van der Waals surface area contributed by atoms with E-state index in [0.29, 0.717) is 19.8 Å². The highest BCUT2D eigenvalue weighted by molar-refractivity contribution is 5.28. The Kier molecular flexibility index (Phi) is 6.09. The minimum absolute atomic E-state index is 0.576. The molecule has 3 nitrogen and oxygen atoms in total. The number of methoxy groups -OCH3 is 1. The van der Waals surface area contributed by atoms with Crippen LogP contribution in [0.1, 0.15) is 5.56 Å². The summed E-state index contributed by atoms with van der Waals surface area (Å²) < 4.78 is 10.6. The van der Waals surface area contributed by atoms with Crippen LogP contribution in [0.4, 0.5) is 0 Å². The van der Waals surface area contributed by atoms with Crippen LogP contribution in [0.2, 0.25) is 0 Å². The van der Waals surface area contributed by atoms with Gasteiger partial charge >= 0.3 is 0 Å². The van der Waals surface area contributed by atoms with Gasteiger partial charge in [0.15, 0.2) is 0 Å². The van der Waals surface area contributed by atoms with E-state index in [-0.39, 0.29) is 0 Å². The molecule has 0 atom stereocenters. The van der Waals surface area contributed by atoms with Gasteiger partial charge in [-0.15, -0.1) is 6.42 Å². The lowest BCUT2D eigenvalue weighted by Crippen LogP contribution is -2.21. The van der Waals surface area contributed by atoms with Crippen molar-refractivity contribution < 1.29 is 9.47 Å². The van der Waals surface area contributed by atoms with E-state index in [4.69, 9.17) is 15.9 Å². The SMILES string of the molecule is C#CCNCCOc1cccc(COC)c1. The van der Waals surface area contributed by atoms with E-state index in [2.05, 4.69) is 11.2 Å². The summed E-state index contributed by atoms with van der Waals surface area (Å²) in [5.74, 6) is 3.37. The number of benzene rings is 1. The minimum atomic E-state index is 0.576. The zero-order chi connectivity index (χ0) is 11.6. The van der Waals surface area contributed by atoms with Gasteiger partial charge in [-0.1, -0.05) is 18.1 Å². The van der Waals surface area contributed by atoms with Gasteiger partial charge < -0.3 is 14.8 Å². The first-order valence-corrected chi connectivity index (χ1v) is 5.21. The summed E-state index contributed by atoms with van der Waals surface area (Å²) in [5.41, 5.74) is 1.11. The quantitative estimate of drug-likeness (QED) is 0.556. The van der Waals surface area contributed by atoms with Crippen LogP contribution in [0.15, 0.2) is 24.3 Å². The fourth-order valence-electron chi connectivity index (χ4n) is 1.29. The fourth-order valence-corrected chi connectivity index (χ4v) is 1.29. The number of rotatable bonds is 7. The van der Waals surface area contributed by atoms with E-state index >= 15 is 0 Å². The monoisotopic (exact) mass is 219 g/mol. The van der Waals surface area contributed by atoms with E-state index < -0.39 is 0 Å². The molecule has 0 heterocycles. The molecule has 0 aromatic heterocycles. The van der Waals surface area contributed by atoms with E-state index in [9.17, 15) is 0 Å². The van der Waals surface area contributed by atoms with Crippen molar-refractivity contribution >= 4 is 0 Å². The number of hydrogen-bond acceptors (Lipinski definition) is 3. The van der Waals surface area contributed by atoms with E-state index in [1.165, 1.54) is 0 Å². The summed E-state index contributed by atoms with van der Waals surface area (Å²) in [4.78, 5) is 0. The smallest absolute Gasteiger partial charge is 0.119 e. The third-order valence-electron chi connectivity index (χ3n) is 1.98. The second-order valence-electron chi connectivity index (χ2n) is 3.31. The molecule has 0 amide bonds. The van der Waals surface area contributed by atoms with E-state index in [1.807, 2.05) is 24.3 Å². The second-order valence-corrected chi connectivity index (χ2v) is 3.31. The van der Waals surface area contributed by atoms with Gasteiger partial charge in [0.05, 0.1) is 13.2 Å². The molecule has 16 heavy (non-hydrogen) atoms. The molecule has 1 rings (SSSR count). The molecule has 0 radical (unpaired) electrons. The largest absolute Gasteiger partial charge is 0.492 e. The van der Waals surface area contributed by atoms with Gasteiger partial charge in [-0.25, -0.2) is 0 Å². The molecule has 0 bridgehead atoms. The molecule has 1 aromatic carbocycles. The van der Waals surface area contributed by atoms with Crippen molar-refractivity contribution in [3.05, 3.63) is 29.8 Å². The first-order valence-electron chi connectivity index (χ1n) is 5.21. The predicted molar refractivity (Wildman–Crippen MR) is 64.4 cm³/mol. The second kappa shape index (κ2) is 7.75. The third-order valence-corrected chi connectivity index (χ3v) is 1.98. The van der Waals surface area contributed by atoms with Gasteiger partial charge in [-0.05, 0) is 17.7 Å². The summed E-state index contributed by atoms with van der Waals surface area (Å²) >= 11 is 0. The van der Waals surface area contributed by atoms with Gasteiger partial charge in [0.25, 0.3) is 0 Å². The first-order chi connectivity index (χ1) is 7.86. The van der Waals surface area contributed by atoms with Gasteiger partial charge in [-0.3, -0.25) is 0 Å². The lowest BCUT2D eigenvalue weighted by atomic mass is 10.2. The zero-order valence-corrected chi connectivity index (χ0v) is 9.53. The minimum Gasteiger partial charge on any atom is -0.492 e. The Morgan fingerprint density at radius 1 is 1.44 bits per heavy atom. The van der Waals surface area contributed by atoms with Crippen molar-refractivity contribution in [3.8, 4) is 18.1 Å². The first kappa shape index (κ1) is 12.6. The number of hydrogen-bond donors (Lipinski definition) is 1. The van der Waals surface area contributed by atoms with Crippen LogP contribution in [0.5, 0.6) is 5.75 Å². The summed E-state index contributed by atoms with van der Waals surface area (Å²) in [6.45, 7) is 2.54. The normalized spacial score (nSPS) is 9.75. The van der Waals surface area contributed by atoms with E-state index in [1.54, 1.807) is 7.11 Å². The molecular formula is C13H17NO2. The third kappa shape index (κ3) is 4.83. The molecule has 1 aromatic rings. The van der Waals surface area contributed by atoms with Crippen molar-refractivity contribution in [2.24, 2.45) is 0 Å². The summed E-state index contributed by atoms with van der Waals surface area (Å²) in [5, 5.41) is 3.06. The Hall–Kier alpha value is -1.50. The Bertz CT molecular complexity index is 344. The van der Waals surface area contributed by atoms with Crippen LogP contribution in [-0.4, -0.2) is 26.8 Å². The van der Waals surface area contributed by atoms with Crippen LogP contribution < -0.4 is 10.1 Å². The molecule has 0 aliphatic heterocycles. The van der Waals surface area contributed by atoms with E-state index in [0.717, 1.165) is 17.9 Å². The molecule has 1 N–H and O–H groups in total. The van der Waals surface area contributed by atoms with Gasteiger partial charge in [0.1, 0.15) is 12.4 Å². The number of terminal acetylenes is 1.